The third kappa shape index (κ3) is 5.01. The Balaban J connectivity index is 1.76. The van der Waals surface area contributed by atoms with Gasteiger partial charge in [-0.2, -0.15) is 0 Å². The van der Waals surface area contributed by atoms with E-state index in [0.29, 0.717) is 0 Å². The lowest BCUT2D eigenvalue weighted by molar-refractivity contribution is -0.384. The van der Waals surface area contributed by atoms with E-state index in [4.69, 9.17) is 0 Å². The topological polar surface area (TPSA) is 160 Å². The number of hydrogen-bond acceptors (Lipinski definition) is 10. The number of amides is 1. The Kier molecular flexibility index (Phi) is 6.55. The van der Waals surface area contributed by atoms with Gasteiger partial charge in [0.2, 0.25) is 11.6 Å². The van der Waals surface area contributed by atoms with Gasteiger partial charge in [-0.25, -0.2) is 9.97 Å². The Hall–Kier alpha value is -3.87. The predicted octanol–water partition coefficient (Wildman–Crippen LogP) is 1.58. The van der Waals surface area contributed by atoms with Gasteiger partial charge < -0.3 is 9.80 Å². The van der Waals surface area contributed by atoms with Crippen LogP contribution in [0.1, 0.15) is 23.2 Å². The number of non-ortho nitro benzene ring substituents is 1. The van der Waals surface area contributed by atoms with Gasteiger partial charge in [-0.05, 0) is 45.1 Å². The molecule has 1 aromatic heterocycles. The number of nitrogens with zero attached hydrogens (tertiary/aromatic N) is 6. The first kappa shape index (κ1) is 21.8. The number of nitrogens with one attached hydrogen (secondary N) is 2. The average molecular weight is 430 g/mol. The minimum Gasteiger partial charge on any atom is -0.351 e. The molecule has 0 spiro atoms. The fourth-order valence-electron chi connectivity index (χ4n) is 3.37. The Morgan fingerprint density at radius 3 is 2.35 bits per heavy atom. The molecule has 0 aliphatic carbocycles. The number of benzene rings is 1. The van der Waals surface area contributed by atoms with E-state index in [1.165, 1.54) is 30.6 Å². The number of likely N-dealkylation sites (tertiary alicyclic amines) is 1. The van der Waals surface area contributed by atoms with Crippen LogP contribution in [0.2, 0.25) is 0 Å². The van der Waals surface area contributed by atoms with Crippen molar-refractivity contribution in [1.82, 2.24) is 20.3 Å². The van der Waals surface area contributed by atoms with E-state index in [9.17, 15) is 25.0 Å². The molecule has 3 rings (SSSR count). The number of rotatable bonds is 7. The van der Waals surface area contributed by atoms with Gasteiger partial charge >= 0.3 is 5.69 Å². The molecule has 0 saturated carbocycles. The average Bonchev–Trinajstić information content (AvgIpc) is 2.77. The molecule has 1 saturated heterocycles. The summed E-state index contributed by atoms with van der Waals surface area (Å²) >= 11 is 0. The van der Waals surface area contributed by atoms with Crippen LogP contribution in [0.4, 0.5) is 23.0 Å². The summed E-state index contributed by atoms with van der Waals surface area (Å²) in [5.41, 5.74) is 4.44. The number of nitro groups is 2. The molecule has 0 bridgehead atoms. The Morgan fingerprint density at radius 1 is 1.13 bits per heavy atom. The van der Waals surface area contributed by atoms with Crippen molar-refractivity contribution in [1.29, 1.82) is 0 Å². The molecule has 31 heavy (non-hydrogen) atoms. The summed E-state index contributed by atoms with van der Waals surface area (Å²) < 4.78 is 0. The second kappa shape index (κ2) is 9.30. The quantitative estimate of drug-likeness (QED) is 0.487. The summed E-state index contributed by atoms with van der Waals surface area (Å²) in [6, 6.07) is 5.03. The van der Waals surface area contributed by atoms with Crippen molar-refractivity contribution in [2.24, 2.45) is 0 Å². The number of nitro benzene ring substituents is 1. The van der Waals surface area contributed by atoms with Crippen molar-refractivity contribution in [3.05, 3.63) is 56.4 Å². The molecular formula is C18H22N8O5. The third-order valence-corrected chi connectivity index (χ3v) is 5.19. The maximum atomic E-state index is 12.3. The molecule has 1 aromatic carbocycles. The molecule has 13 heteroatoms. The zero-order valence-electron chi connectivity index (χ0n) is 17.0. The lowest BCUT2D eigenvalue weighted by Gasteiger charge is -2.35. The number of hydrazine groups is 1. The van der Waals surface area contributed by atoms with E-state index in [0.717, 1.165) is 25.9 Å². The molecule has 1 aliphatic heterocycles. The first-order chi connectivity index (χ1) is 14.8. The van der Waals surface area contributed by atoms with Gasteiger partial charge in [-0.3, -0.25) is 35.9 Å². The number of anilines is 2. The molecule has 0 radical (unpaired) electrons. The van der Waals surface area contributed by atoms with E-state index in [-0.39, 0.29) is 34.6 Å². The maximum Gasteiger partial charge on any atom is 0.355 e. The largest absolute Gasteiger partial charge is 0.355 e. The highest BCUT2D eigenvalue weighted by molar-refractivity contribution is 5.95. The molecule has 2 N–H and O–H groups in total. The van der Waals surface area contributed by atoms with Crippen LogP contribution in [0.3, 0.4) is 0 Å². The van der Waals surface area contributed by atoms with Gasteiger partial charge in [0.1, 0.15) is 6.33 Å². The van der Waals surface area contributed by atoms with Crippen LogP contribution in [0.15, 0.2) is 30.6 Å². The molecule has 2 aromatic rings. The Labute approximate surface area is 177 Å². The van der Waals surface area contributed by atoms with Crippen LogP contribution in [0.5, 0.6) is 0 Å². The lowest BCUT2D eigenvalue weighted by atomic mass is 10.0. The molecule has 1 amide bonds. The van der Waals surface area contributed by atoms with Gasteiger partial charge in [-0.1, -0.05) is 0 Å². The second-order valence-corrected chi connectivity index (χ2v) is 7.18. The molecule has 0 unspecified atom stereocenters. The van der Waals surface area contributed by atoms with Gasteiger partial charge in [-0.15, -0.1) is 0 Å². The van der Waals surface area contributed by atoms with E-state index in [1.54, 1.807) is 11.9 Å². The van der Waals surface area contributed by atoms with E-state index in [2.05, 4.69) is 25.7 Å². The van der Waals surface area contributed by atoms with Crippen molar-refractivity contribution in [2.75, 3.05) is 37.5 Å². The van der Waals surface area contributed by atoms with Crippen LogP contribution in [0.25, 0.3) is 0 Å². The highest BCUT2D eigenvalue weighted by Crippen LogP contribution is 2.33. The number of hydrogen-bond donors (Lipinski definition) is 2. The Morgan fingerprint density at radius 2 is 1.77 bits per heavy atom. The van der Waals surface area contributed by atoms with Crippen LogP contribution in [-0.2, 0) is 0 Å². The maximum absolute atomic E-state index is 12.3. The number of piperidine rings is 1. The van der Waals surface area contributed by atoms with Crippen LogP contribution in [0, 0.1) is 20.2 Å². The van der Waals surface area contributed by atoms with Crippen molar-refractivity contribution < 1.29 is 14.6 Å². The fraction of sp³-hybridized carbons (Fsp3) is 0.389. The SMILES string of the molecule is CN1CCC(N(C)c2ncnc(NNC(=O)c3ccc([N+](=O)[O-])cc3)c2[N+](=O)[O-])CC1. The van der Waals surface area contributed by atoms with Crippen molar-refractivity contribution in [3.63, 3.8) is 0 Å². The fourth-order valence-corrected chi connectivity index (χ4v) is 3.37. The first-order valence-electron chi connectivity index (χ1n) is 9.49. The summed E-state index contributed by atoms with van der Waals surface area (Å²) in [6.45, 7) is 1.76. The van der Waals surface area contributed by atoms with Gasteiger partial charge in [0.15, 0.2) is 0 Å². The third-order valence-electron chi connectivity index (χ3n) is 5.19. The van der Waals surface area contributed by atoms with E-state index in [1.807, 2.05) is 7.05 Å². The summed E-state index contributed by atoms with van der Waals surface area (Å²) in [5, 5.41) is 22.5. The standard InChI is InChI=1S/C18H22N8O5/c1-23-9-7-13(8-10-23)24(2)17-15(26(30)31)16(19-11-20-17)21-22-18(27)12-3-5-14(6-4-12)25(28)29/h3-6,11,13H,7-10H2,1-2H3,(H,22,27)(H,19,20,21). The van der Waals surface area contributed by atoms with Gasteiger partial charge in [0.25, 0.3) is 11.6 Å². The van der Waals surface area contributed by atoms with Crippen LogP contribution in [-0.4, -0.2) is 63.8 Å². The number of carbonyl (C=O) groups is 1. The monoisotopic (exact) mass is 430 g/mol. The molecule has 13 nitrogen and oxygen atoms in total. The van der Waals surface area contributed by atoms with Crippen molar-refractivity contribution in [3.8, 4) is 0 Å². The van der Waals surface area contributed by atoms with E-state index >= 15 is 0 Å². The summed E-state index contributed by atoms with van der Waals surface area (Å²) in [5.74, 6) is -0.639. The summed E-state index contributed by atoms with van der Waals surface area (Å²) in [4.78, 5) is 45.6. The minimum atomic E-state index is -0.631. The lowest BCUT2D eigenvalue weighted by Crippen LogP contribution is -2.42. The summed E-state index contributed by atoms with van der Waals surface area (Å²) in [7, 11) is 3.78. The zero-order chi connectivity index (χ0) is 22.5. The van der Waals surface area contributed by atoms with Crippen LogP contribution < -0.4 is 15.8 Å². The molecular weight excluding hydrogens is 408 g/mol. The second-order valence-electron chi connectivity index (χ2n) is 7.18. The van der Waals surface area contributed by atoms with Gasteiger partial charge in [0.05, 0.1) is 9.85 Å². The number of carbonyl (C=O) groups excluding carboxylic acids is 1. The predicted molar refractivity (Wildman–Crippen MR) is 112 cm³/mol. The zero-order valence-corrected chi connectivity index (χ0v) is 17.0. The van der Waals surface area contributed by atoms with Gasteiger partial charge in [0, 0.05) is 30.8 Å². The molecule has 1 fully saturated rings. The first-order valence-corrected chi connectivity index (χ1v) is 9.49. The number of aromatic nitrogens is 2. The molecule has 2 heterocycles. The normalized spacial score (nSPS) is 14.6. The highest BCUT2D eigenvalue weighted by Gasteiger charge is 2.30. The minimum absolute atomic E-state index is 0.0901. The smallest absolute Gasteiger partial charge is 0.351 e. The summed E-state index contributed by atoms with van der Waals surface area (Å²) in [6.07, 6.45) is 2.87. The van der Waals surface area contributed by atoms with E-state index < -0.39 is 15.8 Å². The van der Waals surface area contributed by atoms with Crippen molar-refractivity contribution >= 4 is 28.9 Å². The molecule has 1 aliphatic rings. The molecule has 164 valence electrons. The highest BCUT2D eigenvalue weighted by atomic mass is 16.6. The molecule has 0 atom stereocenters. The van der Waals surface area contributed by atoms with Crippen LogP contribution >= 0.6 is 0 Å². The van der Waals surface area contributed by atoms with Crippen molar-refractivity contribution in [2.45, 2.75) is 18.9 Å². The Bertz CT molecular complexity index is 975.